The Balaban J connectivity index is 1.19. The maximum Gasteiger partial charge on any atom is 0.220 e. The average Bonchev–Trinajstić information content (AvgIpc) is 3.79. The van der Waals surface area contributed by atoms with Crippen LogP contribution >= 0.6 is 0 Å². The lowest BCUT2D eigenvalue weighted by atomic mass is 9.95. The number of rotatable bonds is 4. The molecule has 0 N–H and O–H groups in total. The zero-order chi connectivity index (χ0) is 36.1. The van der Waals surface area contributed by atoms with Crippen molar-refractivity contribution in [2.24, 2.45) is 0 Å². The number of aryl methyl sites for hydroxylation is 6. The minimum Gasteiger partial charge on any atom is -0.456 e. The molecule has 0 aliphatic heterocycles. The van der Waals surface area contributed by atoms with Gasteiger partial charge < -0.3 is 4.42 Å². The predicted molar refractivity (Wildman–Crippen MR) is 217 cm³/mol. The third-order valence-electron chi connectivity index (χ3n) is 10.7. The number of para-hydroxylation sites is 4. The Kier molecular flexibility index (Phi) is 6.77. The molecule has 0 aliphatic rings. The molecule has 6 heteroatoms. The lowest BCUT2D eigenvalue weighted by molar-refractivity contribution is 0.669. The minimum atomic E-state index is 0.738. The van der Waals surface area contributed by atoms with Crippen molar-refractivity contribution in [3.05, 3.63) is 149 Å². The summed E-state index contributed by atoms with van der Waals surface area (Å²) in [5, 5.41) is 2.07. The Morgan fingerprint density at radius 1 is 0.491 bits per heavy atom. The summed E-state index contributed by atoms with van der Waals surface area (Å²) >= 11 is 0. The van der Waals surface area contributed by atoms with E-state index in [0.29, 0.717) is 0 Å². The van der Waals surface area contributed by atoms with Gasteiger partial charge in [0.05, 0.1) is 39.1 Å². The van der Waals surface area contributed by atoms with Gasteiger partial charge in [-0.25, -0.2) is 15.0 Å². The highest BCUT2D eigenvalue weighted by atomic mass is 16.3. The number of hydrogen-bond acceptors (Lipinski definition) is 4. The van der Waals surface area contributed by atoms with Gasteiger partial charge in [-0.05, 0) is 131 Å². The number of imidazole rings is 2. The van der Waals surface area contributed by atoms with Crippen LogP contribution in [-0.2, 0) is 0 Å². The maximum absolute atomic E-state index is 6.45. The molecule has 0 saturated carbocycles. The van der Waals surface area contributed by atoms with Gasteiger partial charge >= 0.3 is 0 Å². The van der Waals surface area contributed by atoms with Gasteiger partial charge in [-0.2, -0.15) is 0 Å². The molecule has 6 nitrogen and oxygen atoms in total. The van der Waals surface area contributed by atoms with Crippen LogP contribution in [0.5, 0.6) is 0 Å². The van der Waals surface area contributed by atoms with E-state index < -0.39 is 0 Å². The summed E-state index contributed by atoms with van der Waals surface area (Å²) in [6, 6.07) is 40.7. The smallest absolute Gasteiger partial charge is 0.220 e. The van der Waals surface area contributed by atoms with Crippen molar-refractivity contribution < 1.29 is 4.42 Å². The second kappa shape index (κ2) is 11.5. The molecule has 6 aromatic carbocycles. The fourth-order valence-electron chi connectivity index (χ4n) is 8.62. The molecular formula is C47H37N5O. The fourth-order valence-corrected chi connectivity index (χ4v) is 8.62. The first-order valence-corrected chi connectivity index (χ1v) is 18.1. The first kappa shape index (κ1) is 31.2. The molecule has 0 aliphatic carbocycles. The number of benzene rings is 6. The van der Waals surface area contributed by atoms with E-state index in [-0.39, 0.29) is 0 Å². The van der Waals surface area contributed by atoms with Crippen molar-refractivity contribution in [1.29, 1.82) is 0 Å². The molecule has 0 atom stereocenters. The lowest BCUT2D eigenvalue weighted by Crippen LogP contribution is -2.01. The summed E-state index contributed by atoms with van der Waals surface area (Å²) in [6.07, 6.45) is 0. The third kappa shape index (κ3) is 4.82. The summed E-state index contributed by atoms with van der Waals surface area (Å²) < 4.78 is 10.9. The van der Waals surface area contributed by atoms with Crippen LogP contribution in [0.2, 0.25) is 0 Å². The molecule has 4 heterocycles. The standard InChI is InChI=1S/C47H37N5O/c1-26-19-28(3)44(29(4)20-26)38-25-37(48-46(49-38)45-30(5)21-27(2)22-31(45)6)32-15-17-42-34(23-32)35-24-33(16-18-43(35)53-42)51-40-13-9-10-14-41(40)52-39-12-8-7-11-36(39)50-47(51)52/h7-25H,1-6H3. The monoisotopic (exact) mass is 687 g/mol. The van der Waals surface area contributed by atoms with Gasteiger partial charge in [-0.15, -0.1) is 0 Å². The fraction of sp³-hybridized carbons (Fsp3) is 0.128. The Labute approximate surface area is 307 Å². The van der Waals surface area contributed by atoms with Crippen LogP contribution in [0.15, 0.2) is 120 Å². The van der Waals surface area contributed by atoms with Gasteiger partial charge in [-0.3, -0.25) is 8.97 Å². The van der Waals surface area contributed by atoms with Crippen molar-refractivity contribution in [2.75, 3.05) is 0 Å². The second-order valence-electron chi connectivity index (χ2n) is 14.6. The lowest BCUT2D eigenvalue weighted by Gasteiger charge is -2.16. The molecule has 0 unspecified atom stereocenters. The van der Waals surface area contributed by atoms with Crippen LogP contribution in [0.1, 0.15) is 33.4 Å². The van der Waals surface area contributed by atoms with E-state index in [0.717, 1.165) is 89.4 Å². The van der Waals surface area contributed by atoms with Crippen molar-refractivity contribution in [1.82, 2.24) is 23.9 Å². The quantitative estimate of drug-likeness (QED) is 0.185. The first-order chi connectivity index (χ1) is 25.7. The Morgan fingerprint density at radius 2 is 1.08 bits per heavy atom. The molecule has 10 aromatic rings. The summed E-state index contributed by atoms with van der Waals surface area (Å²) in [4.78, 5) is 15.7. The van der Waals surface area contributed by atoms with E-state index in [1.165, 1.54) is 33.4 Å². The molecule has 256 valence electrons. The topological polar surface area (TPSA) is 61.2 Å². The van der Waals surface area contributed by atoms with Crippen LogP contribution in [0.25, 0.3) is 89.4 Å². The molecule has 4 aromatic heterocycles. The predicted octanol–water partition coefficient (Wildman–Crippen LogP) is 12.0. The Hall–Kier alpha value is -6.53. The van der Waals surface area contributed by atoms with Gasteiger partial charge in [0.2, 0.25) is 5.78 Å². The third-order valence-corrected chi connectivity index (χ3v) is 10.7. The molecule has 0 bridgehead atoms. The number of furan rings is 1. The summed E-state index contributed by atoms with van der Waals surface area (Å²) in [5.41, 5.74) is 19.2. The van der Waals surface area contributed by atoms with E-state index >= 15 is 0 Å². The normalized spacial score (nSPS) is 12.0. The second-order valence-corrected chi connectivity index (χ2v) is 14.6. The molecule has 10 rings (SSSR count). The SMILES string of the molecule is Cc1cc(C)c(-c2cc(-c3ccc4oc5ccc(-n6c7ccccc7n7c8ccccc8nc67)cc5c4c3)nc(-c3c(C)cc(C)cc3C)n2)c(C)c1. The van der Waals surface area contributed by atoms with E-state index in [9.17, 15) is 0 Å². The van der Waals surface area contributed by atoms with Gasteiger partial charge in [0, 0.05) is 27.5 Å². The minimum absolute atomic E-state index is 0.738. The van der Waals surface area contributed by atoms with Crippen molar-refractivity contribution in [3.63, 3.8) is 0 Å². The first-order valence-electron chi connectivity index (χ1n) is 18.1. The van der Waals surface area contributed by atoms with Crippen LogP contribution in [-0.4, -0.2) is 23.9 Å². The molecule has 0 amide bonds. The summed E-state index contributed by atoms with van der Waals surface area (Å²) in [5.74, 6) is 1.62. The van der Waals surface area contributed by atoms with E-state index in [1.54, 1.807) is 0 Å². The highest BCUT2D eigenvalue weighted by Crippen LogP contribution is 2.38. The molecule has 0 fully saturated rings. The van der Waals surface area contributed by atoms with E-state index in [2.05, 4.69) is 160 Å². The molecular weight excluding hydrogens is 651 g/mol. The van der Waals surface area contributed by atoms with Crippen molar-refractivity contribution >= 4 is 49.8 Å². The van der Waals surface area contributed by atoms with E-state index in [4.69, 9.17) is 19.4 Å². The Bertz CT molecular complexity index is 3020. The van der Waals surface area contributed by atoms with Crippen molar-refractivity contribution in [3.8, 4) is 39.6 Å². The highest BCUT2D eigenvalue weighted by Gasteiger charge is 2.20. The number of nitrogens with zero attached hydrogens (tertiary/aromatic N) is 5. The van der Waals surface area contributed by atoms with Gasteiger partial charge in [0.15, 0.2) is 5.82 Å². The van der Waals surface area contributed by atoms with Crippen LogP contribution in [0, 0.1) is 41.5 Å². The molecule has 53 heavy (non-hydrogen) atoms. The van der Waals surface area contributed by atoms with Gasteiger partial charge in [0.1, 0.15) is 11.2 Å². The highest BCUT2D eigenvalue weighted by molar-refractivity contribution is 6.07. The average molecular weight is 688 g/mol. The zero-order valence-electron chi connectivity index (χ0n) is 30.6. The van der Waals surface area contributed by atoms with Crippen LogP contribution < -0.4 is 0 Å². The summed E-state index contributed by atoms with van der Waals surface area (Å²) in [6.45, 7) is 12.9. The van der Waals surface area contributed by atoms with Crippen LogP contribution in [0.4, 0.5) is 0 Å². The van der Waals surface area contributed by atoms with Crippen molar-refractivity contribution in [2.45, 2.75) is 41.5 Å². The molecule has 0 radical (unpaired) electrons. The Morgan fingerprint density at radius 3 is 1.79 bits per heavy atom. The van der Waals surface area contributed by atoms with Gasteiger partial charge in [0.25, 0.3) is 0 Å². The van der Waals surface area contributed by atoms with Crippen LogP contribution in [0.3, 0.4) is 0 Å². The maximum atomic E-state index is 6.45. The number of aromatic nitrogens is 5. The summed E-state index contributed by atoms with van der Waals surface area (Å²) in [7, 11) is 0. The van der Waals surface area contributed by atoms with E-state index in [1.807, 2.05) is 6.07 Å². The molecule has 0 spiro atoms. The molecule has 0 saturated heterocycles. The van der Waals surface area contributed by atoms with Gasteiger partial charge in [-0.1, -0.05) is 59.7 Å². The largest absolute Gasteiger partial charge is 0.456 e. The zero-order valence-corrected chi connectivity index (χ0v) is 30.6. The number of hydrogen-bond donors (Lipinski definition) is 0. The number of fused-ring (bicyclic) bond motifs is 8.